The molecular weight excluding hydrogens is 292 g/mol. The molecule has 1 aromatic heterocycles. The maximum absolute atomic E-state index is 5.71. The molecule has 1 unspecified atom stereocenters. The van der Waals surface area contributed by atoms with Gasteiger partial charge < -0.3 is 4.74 Å². The zero-order valence-corrected chi connectivity index (χ0v) is 13.9. The SMILES string of the molecule is C1COC(Cn2nnnc2CN2CCN(C3CCCC3)CC2)C1. The summed E-state index contributed by atoms with van der Waals surface area (Å²) in [5, 5.41) is 12.3. The van der Waals surface area contributed by atoms with Crippen molar-refractivity contribution in [1.29, 1.82) is 0 Å². The van der Waals surface area contributed by atoms with Gasteiger partial charge in [0.25, 0.3) is 0 Å². The number of hydrogen-bond donors (Lipinski definition) is 0. The summed E-state index contributed by atoms with van der Waals surface area (Å²) in [6.45, 7) is 7.18. The van der Waals surface area contributed by atoms with Gasteiger partial charge >= 0.3 is 0 Å². The van der Waals surface area contributed by atoms with Crippen LogP contribution in [0.25, 0.3) is 0 Å². The minimum absolute atomic E-state index is 0.288. The molecule has 0 spiro atoms. The lowest BCUT2D eigenvalue weighted by Crippen LogP contribution is -2.49. The molecule has 0 N–H and O–H groups in total. The molecule has 1 aliphatic carbocycles. The lowest BCUT2D eigenvalue weighted by Gasteiger charge is -2.37. The molecule has 0 bridgehead atoms. The zero-order chi connectivity index (χ0) is 15.5. The van der Waals surface area contributed by atoms with Crippen LogP contribution < -0.4 is 0 Å². The number of ether oxygens (including phenoxy) is 1. The average molecular weight is 320 g/mol. The molecule has 4 rings (SSSR count). The second-order valence-corrected chi connectivity index (χ2v) is 7.16. The van der Waals surface area contributed by atoms with Crippen LogP contribution in [0.5, 0.6) is 0 Å². The molecule has 2 aliphatic heterocycles. The molecule has 7 heteroatoms. The first-order valence-corrected chi connectivity index (χ1v) is 9.21. The first-order valence-electron chi connectivity index (χ1n) is 9.21. The van der Waals surface area contributed by atoms with Crippen molar-refractivity contribution in [1.82, 2.24) is 30.0 Å². The van der Waals surface area contributed by atoms with Crippen molar-refractivity contribution in [2.45, 2.75) is 63.8 Å². The highest BCUT2D eigenvalue weighted by molar-refractivity contribution is 4.87. The molecular formula is C16H28N6O. The van der Waals surface area contributed by atoms with Crippen LogP contribution >= 0.6 is 0 Å². The van der Waals surface area contributed by atoms with E-state index in [1.807, 2.05) is 4.68 Å². The number of tetrazole rings is 1. The van der Waals surface area contributed by atoms with Crippen LogP contribution in [0.4, 0.5) is 0 Å². The third kappa shape index (κ3) is 3.72. The average Bonchev–Trinajstić information content (AvgIpc) is 3.32. The van der Waals surface area contributed by atoms with Crippen molar-refractivity contribution in [3.05, 3.63) is 5.82 Å². The van der Waals surface area contributed by atoms with E-state index in [2.05, 4.69) is 25.3 Å². The van der Waals surface area contributed by atoms with Crippen molar-refractivity contribution in [2.75, 3.05) is 32.8 Å². The van der Waals surface area contributed by atoms with Crippen LogP contribution in [0, 0.1) is 0 Å². The molecule has 3 heterocycles. The van der Waals surface area contributed by atoms with Gasteiger partial charge in [0.1, 0.15) is 0 Å². The summed E-state index contributed by atoms with van der Waals surface area (Å²) >= 11 is 0. The van der Waals surface area contributed by atoms with Crippen molar-refractivity contribution in [3.63, 3.8) is 0 Å². The molecule has 1 atom stereocenters. The predicted molar refractivity (Wildman–Crippen MR) is 85.9 cm³/mol. The van der Waals surface area contributed by atoms with Gasteiger partial charge in [0, 0.05) is 38.8 Å². The van der Waals surface area contributed by atoms with E-state index < -0.39 is 0 Å². The molecule has 3 fully saturated rings. The first kappa shape index (κ1) is 15.5. The Morgan fingerprint density at radius 2 is 1.83 bits per heavy atom. The summed E-state index contributed by atoms with van der Waals surface area (Å²) in [5.74, 6) is 0.981. The summed E-state index contributed by atoms with van der Waals surface area (Å²) in [6.07, 6.45) is 8.21. The number of rotatable bonds is 5. The molecule has 23 heavy (non-hydrogen) atoms. The molecule has 7 nitrogen and oxygen atoms in total. The lowest BCUT2D eigenvalue weighted by molar-refractivity contribution is 0.0830. The summed E-state index contributed by atoms with van der Waals surface area (Å²) in [5.41, 5.74) is 0. The van der Waals surface area contributed by atoms with Crippen LogP contribution in [0.15, 0.2) is 0 Å². The third-order valence-corrected chi connectivity index (χ3v) is 5.62. The van der Waals surface area contributed by atoms with Crippen molar-refractivity contribution >= 4 is 0 Å². The van der Waals surface area contributed by atoms with Crippen LogP contribution in [0.1, 0.15) is 44.3 Å². The standard InChI is InChI=1S/C16H28N6O/c1-2-5-14(4-1)21-9-7-20(8-10-21)13-16-17-18-19-22(16)12-15-6-3-11-23-15/h14-15H,1-13H2. The monoisotopic (exact) mass is 320 g/mol. The van der Waals surface area contributed by atoms with Crippen LogP contribution in [-0.2, 0) is 17.8 Å². The Bertz CT molecular complexity index is 487. The second-order valence-electron chi connectivity index (χ2n) is 7.16. The fraction of sp³-hybridized carbons (Fsp3) is 0.938. The number of piperazine rings is 1. The van der Waals surface area contributed by atoms with E-state index in [1.165, 1.54) is 38.8 Å². The van der Waals surface area contributed by atoms with E-state index in [9.17, 15) is 0 Å². The highest BCUT2D eigenvalue weighted by Gasteiger charge is 2.27. The van der Waals surface area contributed by atoms with Crippen molar-refractivity contribution in [3.8, 4) is 0 Å². The van der Waals surface area contributed by atoms with Gasteiger partial charge in [-0.1, -0.05) is 12.8 Å². The third-order valence-electron chi connectivity index (χ3n) is 5.62. The fourth-order valence-corrected chi connectivity index (χ4v) is 4.22. The molecule has 128 valence electrons. The van der Waals surface area contributed by atoms with Crippen molar-refractivity contribution in [2.24, 2.45) is 0 Å². The molecule has 2 saturated heterocycles. The van der Waals surface area contributed by atoms with Gasteiger partial charge in [0.15, 0.2) is 5.82 Å². The molecule has 1 aromatic rings. The Kier molecular flexibility index (Phi) is 4.87. The molecule has 0 aromatic carbocycles. The van der Waals surface area contributed by atoms with E-state index in [4.69, 9.17) is 4.74 Å². The minimum Gasteiger partial charge on any atom is -0.376 e. The van der Waals surface area contributed by atoms with E-state index in [1.54, 1.807) is 0 Å². The van der Waals surface area contributed by atoms with Crippen LogP contribution in [0.2, 0.25) is 0 Å². The normalized spacial score (nSPS) is 27.9. The molecule has 0 radical (unpaired) electrons. The highest BCUT2D eigenvalue weighted by atomic mass is 16.5. The lowest BCUT2D eigenvalue weighted by atomic mass is 10.2. The van der Waals surface area contributed by atoms with Gasteiger partial charge in [0.2, 0.25) is 0 Å². The maximum Gasteiger partial charge on any atom is 0.165 e. The largest absolute Gasteiger partial charge is 0.376 e. The Labute approximate surface area is 138 Å². The number of hydrogen-bond acceptors (Lipinski definition) is 6. The van der Waals surface area contributed by atoms with Gasteiger partial charge in [-0.25, -0.2) is 4.68 Å². The molecule has 0 amide bonds. The Hall–Kier alpha value is -1.05. The summed E-state index contributed by atoms with van der Waals surface area (Å²) in [6, 6.07) is 0.849. The van der Waals surface area contributed by atoms with Crippen LogP contribution in [0.3, 0.4) is 0 Å². The van der Waals surface area contributed by atoms with E-state index in [0.29, 0.717) is 0 Å². The quantitative estimate of drug-likeness (QED) is 0.804. The van der Waals surface area contributed by atoms with Gasteiger partial charge in [0.05, 0.1) is 19.2 Å². The smallest absolute Gasteiger partial charge is 0.165 e. The molecule has 1 saturated carbocycles. The number of aromatic nitrogens is 4. The van der Waals surface area contributed by atoms with E-state index in [0.717, 1.165) is 57.5 Å². The topological polar surface area (TPSA) is 59.3 Å². The molecule has 3 aliphatic rings. The first-order chi connectivity index (χ1) is 11.4. The summed E-state index contributed by atoms with van der Waals surface area (Å²) in [4.78, 5) is 5.18. The van der Waals surface area contributed by atoms with E-state index in [-0.39, 0.29) is 6.10 Å². The van der Waals surface area contributed by atoms with Crippen LogP contribution in [-0.4, -0.2) is 74.9 Å². The van der Waals surface area contributed by atoms with Gasteiger partial charge in [-0.05, 0) is 36.1 Å². The summed E-state index contributed by atoms with van der Waals surface area (Å²) in [7, 11) is 0. The van der Waals surface area contributed by atoms with Gasteiger partial charge in [-0.15, -0.1) is 5.10 Å². The zero-order valence-electron chi connectivity index (χ0n) is 13.9. The fourth-order valence-electron chi connectivity index (χ4n) is 4.22. The van der Waals surface area contributed by atoms with E-state index >= 15 is 0 Å². The Balaban J connectivity index is 1.28. The Morgan fingerprint density at radius 3 is 2.57 bits per heavy atom. The summed E-state index contributed by atoms with van der Waals surface area (Å²) < 4.78 is 7.65. The maximum atomic E-state index is 5.71. The van der Waals surface area contributed by atoms with Gasteiger partial charge in [-0.2, -0.15) is 0 Å². The van der Waals surface area contributed by atoms with Crippen molar-refractivity contribution < 1.29 is 4.74 Å². The van der Waals surface area contributed by atoms with Gasteiger partial charge in [-0.3, -0.25) is 9.80 Å². The Morgan fingerprint density at radius 1 is 1.00 bits per heavy atom. The minimum atomic E-state index is 0.288. The highest BCUT2D eigenvalue weighted by Crippen LogP contribution is 2.24. The second kappa shape index (κ2) is 7.23. The predicted octanol–water partition coefficient (Wildman–Crippen LogP) is 0.912. The number of nitrogens with zero attached hydrogens (tertiary/aromatic N) is 6.